The van der Waals surface area contributed by atoms with Crippen molar-refractivity contribution in [3.63, 3.8) is 0 Å². The lowest BCUT2D eigenvalue weighted by atomic mass is 9.75. The summed E-state index contributed by atoms with van der Waals surface area (Å²) in [6.07, 6.45) is 12.1. The molecule has 2 fully saturated rings. The van der Waals surface area contributed by atoms with Crippen molar-refractivity contribution < 1.29 is 8.42 Å². The number of rotatable bonds is 3. The van der Waals surface area contributed by atoms with Crippen LogP contribution in [-0.4, -0.2) is 8.42 Å². The van der Waals surface area contributed by atoms with E-state index in [4.69, 9.17) is 5.14 Å². The van der Waals surface area contributed by atoms with Crippen molar-refractivity contribution in [2.45, 2.75) is 87.9 Å². The SMILES string of the molecule is Cc1ccc(C2CCCCC2)c(C2CCCCC2)c1S(N)(=O)=O. The second kappa shape index (κ2) is 6.94. The van der Waals surface area contributed by atoms with Gasteiger partial charge in [-0.25, -0.2) is 13.6 Å². The van der Waals surface area contributed by atoms with Crippen LogP contribution >= 0.6 is 0 Å². The Bertz CT molecular complexity index is 654. The van der Waals surface area contributed by atoms with Crippen molar-refractivity contribution in [3.05, 3.63) is 28.8 Å². The van der Waals surface area contributed by atoms with Crippen molar-refractivity contribution >= 4 is 10.0 Å². The Balaban J connectivity index is 2.14. The minimum absolute atomic E-state index is 0.369. The number of benzene rings is 1. The number of hydrogen-bond acceptors (Lipinski definition) is 2. The second-order valence-corrected chi connectivity index (χ2v) is 8.93. The van der Waals surface area contributed by atoms with Crippen LogP contribution in [-0.2, 0) is 10.0 Å². The van der Waals surface area contributed by atoms with E-state index < -0.39 is 10.0 Å². The lowest BCUT2D eigenvalue weighted by Crippen LogP contribution is -2.21. The van der Waals surface area contributed by atoms with Gasteiger partial charge in [0.25, 0.3) is 0 Å². The molecule has 2 N–H and O–H groups in total. The fourth-order valence-electron chi connectivity index (χ4n) is 4.68. The van der Waals surface area contributed by atoms with Crippen molar-refractivity contribution in [1.29, 1.82) is 0 Å². The smallest absolute Gasteiger partial charge is 0.225 e. The molecule has 1 aromatic carbocycles. The molecule has 0 amide bonds. The Morgan fingerprint density at radius 2 is 1.39 bits per heavy atom. The minimum Gasteiger partial charge on any atom is -0.225 e. The van der Waals surface area contributed by atoms with Crippen molar-refractivity contribution in [2.75, 3.05) is 0 Å². The van der Waals surface area contributed by atoms with Crippen LogP contribution in [0.25, 0.3) is 0 Å². The molecule has 2 aliphatic carbocycles. The molecule has 1 aromatic rings. The van der Waals surface area contributed by atoms with Gasteiger partial charge in [-0.15, -0.1) is 0 Å². The van der Waals surface area contributed by atoms with Crippen molar-refractivity contribution in [3.8, 4) is 0 Å². The highest BCUT2D eigenvalue weighted by Crippen LogP contribution is 2.44. The van der Waals surface area contributed by atoms with Gasteiger partial charge in [0.15, 0.2) is 0 Å². The highest BCUT2D eigenvalue weighted by molar-refractivity contribution is 7.89. The zero-order chi connectivity index (χ0) is 16.4. The van der Waals surface area contributed by atoms with Gasteiger partial charge in [0.2, 0.25) is 10.0 Å². The van der Waals surface area contributed by atoms with Gasteiger partial charge in [0.1, 0.15) is 0 Å². The first-order valence-corrected chi connectivity index (χ1v) is 10.7. The summed E-state index contributed by atoms with van der Waals surface area (Å²) in [5, 5.41) is 5.64. The van der Waals surface area contributed by atoms with Crippen LogP contribution in [0.3, 0.4) is 0 Å². The quantitative estimate of drug-likeness (QED) is 0.867. The lowest BCUT2D eigenvalue weighted by Gasteiger charge is -2.31. The van der Waals surface area contributed by atoms with Gasteiger partial charge in [-0.2, -0.15) is 0 Å². The predicted molar refractivity (Wildman–Crippen MR) is 94.2 cm³/mol. The van der Waals surface area contributed by atoms with Crippen LogP contribution in [0.4, 0.5) is 0 Å². The van der Waals surface area contributed by atoms with Gasteiger partial charge >= 0.3 is 0 Å². The van der Waals surface area contributed by atoms with Crippen LogP contribution in [0.1, 0.15) is 92.7 Å². The van der Waals surface area contributed by atoms with E-state index >= 15 is 0 Å². The van der Waals surface area contributed by atoms with Gasteiger partial charge in [-0.1, -0.05) is 50.7 Å². The molecule has 2 saturated carbocycles. The zero-order valence-corrected chi connectivity index (χ0v) is 15.0. The average molecular weight is 336 g/mol. The molecule has 0 bridgehead atoms. The number of hydrogen-bond donors (Lipinski definition) is 1. The second-order valence-electron chi connectivity index (χ2n) is 7.43. The number of nitrogens with two attached hydrogens (primary N) is 1. The Kier molecular flexibility index (Phi) is 5.12. The molecule has 3 nitrogen and oxygen atoms in total. The summed E-state index contributed by atoms with van der Waals surface area (Å²) in [5.41, 5.74) is 3.18. The molecule has 0 aromatic heterocycles. The van der Waals surface area contributed by atoms with E-state index in [0.29, 0.717) is 16.7 Å². The van der Waals surface area contributed by atoms with Crippen molar-refractivity contribution in [2.24, 2.45) is 5.14 Å². The fourth-order valence-corrected chi connectivity index (χ4v) is 5.79. The van der Waals surface area contributed by atoms with Gasteiger partial charge in [0.05, 0.1) is 4.90 Å². The van der Waals surface area contributed by atoms with E-state index in [-0.39, 0.29) is 0 Å². The molecule has 0 unspecified atom stereocenters. The third-order valence-electron chi connectivity index (χ3n) is 5.77. The van der Waals surface area contributed by atoms with Crippen LogP contribution in [0.5, 0.6) is 0 Å². The molecule has 0 aliphatic heterocycles. The maximum absolute atomic E-state index is 12.3. The molecule has 0 heterocycles. The van der Waals surface area contributed by atoms with Crippen LogP contribution in [0.2, 0.25) is 0 Å². The lowest BCUT2D eigenvalue weighted by molar-refractivity contribution is 0.414. The summed E-state index contributed by atoms with van der Waals surface area (Å²) in [6, 6.07) is 4.17. The largest absolute Gasteiger partial charge is 0.238 e. The van der Waals surface area contributed by atoms with Gasteiger partial charge < -0.3 is 0 Å². The maximum Gasteiger partial charge on any atom is 0.238 e. The molecule has 2 aliphatic rings. The highest BCUT2D eigenvalue weighted by Gasteiger charge is 2.30. The summed E-state index contributed by atoms with van der Waals surface area (Å²) >= 11 is 0. The average Bonchev–Trinajstić information content (AvgIpc) is 2.55. The van der Waals surface area contributed by atoms with Crippen LogP contribution < -0.4 is 5.14 Å². The molecule has 0 atom stereocenters. The monoisotopic (exact) mass is 335 g/mol. The summed E-state index contributed by atoms with van der Waals surface area (Å²) in [5.74, 6) is 0.885. The van der Waals surface area contributed by atoms with E-state index in [2.05, 4.69) is 6.07 Å². The number of aryl methyl sites for hydroxylation is 1. The first-order valence-electron chi connectivity index (χ1n) is 9.14. The first-order chi connectivity index (χ1) is 11.0. The van der Waals surface area contributed by atoms with E-state index in [1.807, 2.05) is 13.0 Å². The molecular weight excluding hydrogens is 306 g/mol. The van der Waals surface area contributed by atoms with E-state index in [1.54, 1.807) is 0 Å². The molecule has 0 spiro atoms. The number of sulfonamides is 1. The normalized spacial score (nSPS) is 21.5. The topological polar surface area (TPSA) is 60.2 Å². The summed E-state index contributed by atoms with van der Waals surface area (Å²) in [6.45, 7) is 1.89. The molecule has 4 heteroatoms. The molecule has 0 radical (unpaired) electrons. The predicted octanol–water partition coefficient (Wildman–Crippen LogP) is 4.74. The minimum atomic E-state index is -3.67. The highest BCUT2D eigenvalue weighted by atomic mass is 32.2. The zero-order valence-electron chi connectivity index (χ0n) is 14.2. The summed E-state index contributed by atoms with van der Waals surface area (Å²) in [4.78, 5) is 0.437. The maximum atomic E-state index is 12.3. The molecule has 128 valence electrons. The third kappa shape index (κ3) is 3.63. The fraction of sp³-hybridized carbons (Fsp3) is 0.684. The van der Waals surface area contributed by atoms with Gasteiger partial charge in [-0.3, -0.25) is 0 Å². The molecular formula is C19H29NO2S. The Morgan fingerprint density at radius 1 is 0.870 bits per heavy atom. The first kappa shape index (κ1) is 17.0. The van der Waals surface area contributed by atoms with Crippen LogP contribution in [0, 0.1) is 6.92 Å². The molecule has 0 saturated heterocycles. The van der Waals surface area contributed by atoms with Crippen molar-refractivity contribution in [1.82, 2.24) is 0 Å². The Labute approximate surface area is 140 Å². The Morgan fingerprint density at radius 3 is 1.91 bits per heavy atom. The van der Waals surface area contributed by atoms with Gasteiger partial charge in [-0.05, 0) is 61.1 Å². The third-order valence-corrected chi connectivity index (χ3v) is 6.88. The van der Waals surface area contributed by atoms with E-state index in [1.165, 1.54) is 56.9 Å². The Hall–Kier alpha value is -0.870. The van der Waals surface area contributed by atoms with Gasteiger partial charge in [0, 0.05) is 0 Å². The summed E-state index contributed by atoms with van der Waals surface area (Å²) in [7, 11) is -3.67. The molecule has 23 heavy (non-hydrogen) atoms. The molecule has 3 rings (SSSR count). The standard InChI is InChI=1S/C19H29NO2S/c1-14-12-13-17(15-8-4-2-5-9-15)18(19(14)23(20,21)22)16-10-6-3-7-11-16/h12-13,15-16H,2-11H2,1H3,(H2,20,21,22). The van der Waals surface area contributed by atoms with Crippen LogP contribution in [0.15, 0.2) is 17.0 Å². The van der Waals surface area contributed by atoms with E-state index in [9.17, 15) is 8.42 Å². The summed E-state index contributed by atoms with van der Waals surface area (Å²) < 4.78 is 24.7. The number of primary sulfonamides is 1. The van der Waals surface area contributed by atoms with E-state index in [0.717, 1.165) is 24.0 Å².